The van der Waals surface area contributed by atoms with Crippen LogP contribution in [0.1, 0.15) is 5.56 Å². The zero-order chi connectivity index (χ0) is 12.1. The third kappa shape index (κ3) is 3.42. The summed E-state index contributed by atoms with van der Waals surface area (Å²) < 4.78 is 23.0. The van der Waals surface area contributed by atoms with Gasteiger partial charge in [0.2, 0.25) is 0 Å². The number of amides is 1. The van der Waals surface area contributed by atoms with Gasteiger partial charge in [-0.1, -0.05) is 12.1 Å². The Bertz CT molecular complexity index is 397. The molecule has 1 aromatic carbocycles. The minimum atomic E-state index is -0.292. The molecule has 2 rings (SSSR count). The number of ether oxygens (including phenoxy) is 2. The fourth-order valence-corrected chi connectivity index (χ4v) is 1.62. The molecular formula is C12H14FNO3. The van der Waals surface area contributed by atoms with Gasteiger partial charge in [0.1, 0.15) is 12.4 Å². The number of carbonyl (C=O) groups excluding carboxylic acids is 1. The standard InChI is InChI=1S/C12H14FNO3/c13-11-3-1-2-10(8-11)9-16-6-4-14-5-7-17-12(14)15/h1-3,8H,4-7,9H2. The predicted molar refractivity (Wildman–Crippen MR) is 59.0 cm³/mol. The minimum Gasteiger partial charge on any atom is -0.448 e. The Balaban J connectivity index is 1.68. The maximum Gasteiger partial charge on any atom is 0.410 e. The summed E-state index contributed by atoms with van der Waals surface area (Å²) in [6.45, 7) is 2.34. The molecule has 0 aromatic heterocycles. The lowest BCUT2D eigenvalue weighted by Crippen LogP contribution is -2.28. The van der Waals surface area contributed by atoms with E-state index in [0.717, 1.165) is 5.56 Å². The van der Waals surface area contributed by atoms with E-state index < -0.39 is 0 Å². The van der Waals surface area contributed by atoms with Crippen LogP contribution in [0.3, 0.4) is 0 Å². The van der Waals surface area contributed by atoms with Gasteiger partial charge in [-0.15, -0.1) is 0 Å². The van der Waals surface area contributed by atoms with Crippen molar-refractivity contribution >= 4 is 6.09 Å². The quantitative estimate of drug-likeness (QED) is 0.735. The topological polar surface area (TPSA) is 38.8 Å². The summed E-state index contributed by atoms with van der Waals surface area (Å²) in [5.74, 6) is -0.269. The zero-order valence-corrected chi connectivity index (χ0v) is 9.39. The molecule has 0 bridgehead atoms. The number of carbonyl (C=O) groups is 1. The van der Waals surface area contributed by atoms with Crippen LogP contribution in [0.25, 0.3) is 0 Å². The van der Waals surface area contributed by atoms with Crippen LogP contribution in [0.15, 0.2) is 24.3 Å². The van der Waals surface area contributed by atoms with Crippen molar-refractivity contribution in [3.05, 3.63) is 35.6 Å². The lowest BCUT2D eigenvalue weighted by atomic mass is 10.2. The van der Waals surface area contributed by atoms with Gasteiger partial charge in [0, 0.05) is 6.54 Å². The predicted octanol–water partition coefficient (Wildman–Crippen LogP) is 1.79. The Morgan fingerprint density at radius 3 is 3.06 bits per heavy atom. The van der Waals surface area contributed by atoms with Gasteiger partial charge in [0.15, 0.2) is 0 Å². The van der Waals surface area contributed by atoms with E-state index in [9.17, 15) is 9.18 Å². The average Bonchev–Trinajstić information content (AvgIpc) is 2.71. The highest BCUT2D eigenvalue weighted by molar-refractivity contribution is 5.69. The SMILES string of the molecule is O=C1OCCN1CCOCc1cccc(F)c1. The van der Waals surface area contributed by atoms with Crippen molar-refractivity contribution < 1.29 is 18.7 Å². The van der Waals surface area contributed by atoms with E-state index in [2.05, 4.69) is 0 Å². The van der Waals surface area contributed by atoms with Crippen LogP contribution in [0.5, 0.6) is 0 Å². The van der Waals surface area contributed by atoms with Crippen LogP contribution in [-0.2, 0) is 16.1 Å². The zero-order valence-electron chi connectivity index (χ0n) is 9.39. The van der Waals surface area contributed by atoms with E-state index >= 15 is 0 Å². The number of nitrogens with zero attached hydrogens (tertiary/aromatic N) is 1. The third-order valence-electron chi connectivity index (χ3n) is 2.51. The Kier molecular flexibility index (Phi) is 3.93. The lowest BCUT2D eigenvalue weighted by molar-refractivity contribution is 0.0990. The number of rotatable bonds is 5. The molecule has 0 atom stereocenters. The molecule has 4 nitrogen and oxygen atoms in total. The molecule has 1 aliphatic rings. The monoisotopic (exact) mass is 239 g/mol. The Hall–Kier alpha value is -1.62. The third-order valence-corrected chi connectivity index (χ3v) is 2.51. The normalized spacial score (nSPS) is 15.1. The van der Waals surface area contributed by atoms with Crippen LogP contribution in [-0.4, -0.2) is 37.3 Å². The fraction of sp³-hybridized carbons (Fsp3) is 0.417. The molecule has 1 aliphatic heterocycles. The summed E-state index contributed by atoms with van der Waals surface area (Å²) in [4.78, 5) is 12.7. The summed E-state index contributed by atoms with van der Waals surface area (Å²) in [5.41, 5.74) is 0.786. The summed E-state index contributed by atoms with van der Waals surface area (Å²) in [7, 11) is 0. The second-order valence-corrected chi connectivity index (χ2v) is 3.78. The number of benzene rings is 1. The molecule has 0 unspecified atom stereocenters. The first kappa shape index (κ1) is 11.9. The first-order chi connectivity index (χ1) is 8.25. The highest BCUT2D eigenvalue weighted by Crippen LogP contribution is 2.06. The molecule has 1 amide bonds. The van der Waals surface area contributed by atoms with Crippen molar-refractivity contribution in [3.8, 4) is 0 Å². The first-order valence-corrected chi connectivity index (χ1v) is 5.49. The van der Waals surface area contributed by atoms with Gasteiger partial charge in [-0.05, 0) is 17.7 Å². The van der Waals surface area contributed by atoms with E-state index in [1.807, 2.05) is 0 Å². The molecule has 0 N–H and O–H groups in total. The Morgan fingerprint density at radius 2 is 2.35 bits per heavy atom. The van der Waals surface area contributed by atoms with Crippen molar-refractivity contribution in [2.24, 2.45) is 0 Å². The van der Waals surface area contributed by atoms with E-state index in [1.165, 1.54) is 12.1 Å². The highest BCUT2D eigenvalue weighted by Gasteiger charge is 2.20. The van der Waals surface area contributed by atoms with Gasteiger partial charge in [-0.3, -0.25) is 0 Å². The molecule has 0 radical (unpaired) electrons. The van der Waals surface area contributed by atoms with Crippen molar-refractivity contribution in [2.75, 3.05) is 26.3 Å². The van der Waals surface area contributed by atoms with E-state index in [1.54, 1.807) is 17.0 Å². The minimum absolute atomic E-state index is 0.269. The van der Waals surface area contributed by atoms with E-state index in [0.29, 0.717) is 32.9 Å². The molecule has 0 spiro atoms. The Labute approximate surface area is 98.9 Å². The van der Waals surface area contributed by atoms with Gasteiger partial charge in [-0.25, -0.2) is 9.18 Å². The van der Waals surface area contributed by atoms with Gasteiger partial charge in [0.05, 0.1) is 19.8 Å². The molecule has 0 aliphatic carbocycles. The van der Waals surface area contributed by atoms with Crippen LogP contribution < -0.4 is 0 Å². The van der Waals surface area contributed by atoms with Crippen molar-refractivity contribution in [3.63, 3.8) is 0 Å². The van der Waals surface area contributed by atoms with Crippen LogP contribution in [0, 0.1) is 5.82 Å². The van der Waals surface area contributed by atoms with Crippen LogP contribution in [0.4, 0.5) is 9.18 Å². The number of cyclic esters (lactones) is 1. The number of hydrogen-bond acceptors (Lipinski definition) is 3. The van der Waals surface area contributed by atoms with Gasteiger partial charge in [0.25, 0.3) is 0 Å². The van der Waals surface area contributed by atoms with Crippen molar-refractivity contribution in [2.45, 2.75) is 6.61 Å². The molecule has 92 valence electrons. The summed E-state index contributed by atoms with van der Waals surface area (Å²) in [6, 6.07) is 6.27. The second-order valence-electron chi connectivity index (χ2n) is 3.78. The molecule has 1 fully saturated rings. The second kappa shape index (κ2) is 5.63. The molecule has 0 saturated carbocycles. The fourth-order valence-electron chi connectivity index (χ4n) is 1.62. The maximum atomic E-state index is 12.8. The molecule has 17 heavy (non-hydrogen) atoms. The summed E-state index contributed by atoms with van der Waals surface area (Å²) in [5, 5.41) is 0. The first-order valence-electron chi connectivity index (χ1n) is 5.49. The van der Waals surface area contributed by atoms with Gasteiger partial charge in [-0.2, -0.15) is 0 Å². The van der Waals surface area contributed by atoms with E-state index in [-0.39, 0.29) is 11.9 Å². The highest BCUT2D eigenvalue weighted by atomic mass is 19.1. The Morgan fingerprint density at radius 1 is 1.47 bits per heavy atom. The number of halogens is 1. The number of hydrogen-bond donors (Lipinski definition) is 0. The largest absolute Gasteiger partial charge is 0.448 e. The van der Waals surface area contributed by atoms with Crippen LogP contribution >= 0.6 is 0 Å². The molecule has 1 saturated heterocycles. The van der Waals surface area contributed by atoms with Crippen LogP contribution in [0.2, 0.25) is 0 Å². The smallest absolute Gasteiger partial charge is 0.410 e. The molecule has 5 heteroatoms. The summed E-state index contributed by atoms with van der Waals surface area (Å²) >= 11 is 0. The lowest BCUT2D eigenvalue weighted by Gasteiger charge is -2.12. The average molecular weight is 239 g/mol. The molecular weight excluding hydrogens is 225 g/mol. The van der Waals surface area contributed by atoms with Gasteiger partial charge < -0.3 is 14.4 Å². The van der Waals surface area contributed by atoms with Crippen molar-refractivity contribution in [1.29, 1.82) is 0 Å². The molecule has 1 aromatic rings. The van der Waals surface area contributed by atoms with Gasteiger partial charge >= 0.3 is 6.09 Å². The van der Waals surface area contributed by atoms with Crippen molar-refractivity contribution in [1.82, 2.24) is 4.90 Å². The molecule has 1 heterocycles. The maximum absolute atomic E-state index is 12.8. The summed E-state index contributed by atoms with van der Waals surface area (Å²) in [6.07, 6.45) is -0.292. The van der Waals surface area contributed by atoms with E-state index in [4.69, 9.17) is 9.47 Å².